The molecule has 0 spiro atoms. The van der Waals surface area contributed by atoms with E-state index in [2.05, 4.69) is 41.8 Å². The second-order valence-corrected chi connectivity index (χ2v) is 8.42. The highest BCUT2D eigenvalue weighted by Crippen LogP contribution is 2.31. The number of nitrogens with zero attached hydrogens (tertiary/aromatic N) is 5. The summed E-state index contributed by atoms with van der Waals surface area (Å²) in [4.78, 5) is 24.6. The molecule has 1 amide bonds. The van der Waals surface area contributed by atoms with E-state index < -0.39 is 6.09 Å². The first-order valence-electron chi connectivity index (χ1n) is 9.86. The Balaban J connectivity index is 1.39. The average molecular weight is 449 g/mol. The lowest BCUT2D eigenvalue weighted by atomic mass is 10.1. The third-order valence-electron chi connectivity index (χ3n) is 5.02. The van der Waals surface area contributed by atoms with Crippen LogP contribution < -0.4 is 10.6 Å². The molecule has 11 heteroatoms. The standard InChI is InChI=1S/C21H20N8O2S/c1-11-27-28-20(32-11)26-21(30)31-9-12-5-4-6-13(7-12)15-8-14-17-16(23-10-29(17)3)19(22-2)25-18(14)24-15/h4-8,10H,9H2,1-3H3,(H2,22,24,25)(H,26,28,30). The van der Waals surface area contributed by atoms with Gasteiger partial charge < -0.3 is 19.6 Å². The number of nitrogens with one attached hydrogen (secondary N) is 3. The van der Waals surface area contributed by atoms with Crippen LogP contribution in [0, 0.1) is 6.92 Å². The second kappa shape index (κ2) is 7.93. The minimum Gasteiger partial charge on any atom is -0.444 e. The van der Waals surface area contributed by atoms with Crippen LogP contribution in [0.3, 0.4) is 0 Å². The average Bonchev–Trinajstić information content (AvgIpc) is 3.50. The maximum atomic E-state index is 12.0. The fraction of sp³-hybridized carbons (Fsp3) is 0.190. The molecule has 0 saturated heterocycles. The van der Waals surface area contributed by atoms with Gasteiger partial charge in [0.2, 0.25) is 5.13 Å². The fourth-order valence-electron chi connectivity index (χ4n) is 3.58. The van der Waals surface area contributed by atoms with Gasteiger partial charge in [-0.3, -0.25) is 5.32 Å². The Kier molecular flexibility index (Phi) is 4.94. The zero-order valence-corrected chi connectivity index (χ0v) is 18.4. The molecule has 0 unspecified atom stereocenters. The predicted molar refractivity (Wildman–Crippen MR) is 124 cm³/mol. The number of H-pyrrole nitrogens is 1. The molecule has 0 saturated carbocycles. The number of aromatic nitrogens is 6. The maximum Gasteiger partial charge on any atom is 0.413 e. The van der Waals surface area contributed by atoms with Crippen molar-refractivity contribution in [2.75, 3.05) is 17.7 Å². The van der Waals surface area contributed by atoms with Gasteiger partial charge in [-0.25, -0.2) is 14.8 Å². The first kappa shape index (κ1) is 19.9. The van der Waals surface area contributed by atoms with Crippen molar-refractivity contribution in [3.63, 3.8) is 0 Å². The molecule has 4 heterocycles. The second-order valence-electron chi connectivity index (χ2n) is 7.24. The van der Waals surface area contributed by atoms with Gasteiger partial charge in [-0.05, 0) is 30.2 Å². The van der Waals surface area contributed by atoms with Crippen LogP contribution in [0.15, 0.2) is 36.7 Å². The molecule has 0 bridgehead atoms. The third kappa shape index (κ3) is 3.62. The normalized spacial score (nSPS) is 11.2. The highest BCUT2D eigenvalue weighted by molar-refractivity contribution is 7.15. The van der Waals surface area contributed by atoms with Gasteiger partial charge in [0.1, 0.15) is 22.8 Å². The Hall–Kier alpha value is -3.99. The largest absolute Gasteiger partial charge is 0.444 e. The van der Waals surface area contributed by atoms with Gasteiger partial charge in [-0.2, -0.15) is 0 Å². The van der Waals surface area contributed by atoms with Crippen molar-refractivity contribution in [2.45, 2.75) is 13.5 Å². The molecular weight excluding hydrogens is 428 g/mol. The topological polar surface area (TPSA) is 123 Å². The smallest absolute Gasteiger partial charge is 0.413 e. The van der Waals surface area contributed by atoms with E-state index in [1.165, 1.54) is 11.3 Å². The molecule has 162 valence electrons. The van der Waals surface area contributed by atoms with Gasteiger partial charge in [0.25, 0.3) is 0 Å². The Morgan fingerprint density at radius 2 is 2.16 bits per heavy atom. The summed E-state index contributed by atoms with van der Waals surface area (Å²) >= 11 is 1.29. The number of carbonyl (C=O) groups is 1. The summed E-state index contributed by atoms with van der Waals surface area (Å²) in [5, 5.41) is 15.6. The van der Waals surface area contributed by atoms with Crippen LogP contribution in [0.2, 0.25) is 0 Å². The highest BCUT2D eigenvalue weighted by atomic mass is 32.1. The Morgan fingerprint density at radius 3 is 2.94 bits per heavy atom. The molecule has 32 heavy (non-hydrogen) atoms. The van der Waals surface area contributed by atoms with Gasteiger partial charge in [-0.1, -0.05) is 29.5 Å². The molecule has 0 aliphatic heterocycles. The number of aromatic amines is 1. The molecule has 5 rings (SSSR count). The van der Waals surface area contributed by atoms with Crippen LogP contribution in [0.4, 0.5) is 15.7 Å². The third-order valence-corrected chi connectivity index (χ3v) is 5.77. The number of pyridine rings is 1. The van der Waals surface area contributed by atoms with Gasteiger partial charge in [0, 0.05) is 25.2 Å². The number of ether oxygens (including phenoxy) is 1. The van der Waals surface area contributed by atoms with Crippen LogP contribution in [0.1, 0.15) is 10.6 Å². The number of hydrogen-bond donors (Lipinski definition) is 3. The number of anilines is 2. The van der Waals surface area contributed by atoms with Crippen LogP contribution in [-0.2, 0) is 18.4 Å². The number of carbonyl (C=O) groups excluding carboxylic acids is 1. The SMILES string of the molecule is CNc1nc2[nH]c(-c3cccc(COC(=O)Nc4nnc(C)s4)c3)cc2c2c1ncn2C. The fourth-order valence-corrected chi connectivity index (χ4v) is 4.15. The summed E-state index contributed by atoms with van der Waals surface area (Å²) in [6, 6.07) is 9.88. The van der Waals surface area contributed by atoms with Gasteiger partial charge in [0.05, 0.1) is 11.8 Å². The minimum absolute atomic E-state index is 0.131. The number of imidazole rings is 1. The van der Waals surface area contributed by atoms with E-state index in [0.717, 1.165) is 49.7 Å². The van der Waals surface area contributed by atoms with Crippen molar-refractivity contribution in [3.05, 3.63) is 47.2 Å². The van der Waals surface area contributed by atoms with Crippen LogP contribution in [0.25, 0.3) is 33.3 Å². The van der Waals surface area contributed by atoms with E-state index in [9.17, 15) is 4.79 Å². The summed E-state index contributed by atoms with van der Waals surface area (Å²) in [6.07, 6.45) is 1.21. The Bertz CT molecular complexity index is 1450. The number of rotatable bonds is 5. The number of aryl methyl sites for hydroxylation is 2. The first-order valence-corrected chi connectivity index (χ1v) is 10.7. The zero-order valence-electron chi connectivity index (χ0n) is 17.6. The molecule has 5 aromatic rings. The molecule has 10 nitrogen and oxygen atoms in total. The first-order chi connectivity index (χ1) is 15.5. The van der Waals surface area contributed by atoms with Crippen LogP contribution in [-0.4, -0.2) is 42.9 Å². The minimum atomic E-state index is -0.570. The van der Waals surface area contributed by atoms with Crippen LogP contribution >= 0.6 is 11.3 Å². The molecule has 0 aliphatic carbocycles. The van der Waals surface area contributed by atoms with Gasteiger partial charge >= 0.3 is 6.09 Å². The van der Waals surface area contributed by atoms with Crippen molar-refractivity contribution in [3.8, 4) is 11.3 Å². The van der Waals surface area contributed by atoms with Crippen LogP contribution in [0.5, 0.6) is 0 Å². The lowest BCUT2D eigenvalue weighted by molar-refractivity contribution is 0.155. The monoisotopic (exact) mass is 448 g/mol. The van der Waals surface area contributed by atoms with E-state index in [1.807, 2.05) is 49.9 Å². The number of fused-ring (bicyclic) bond motifs is 3. The van der Waals surface area contributed by atoms with Crippen molar-refractivity contribution < 1.29 is 9.53 Å². The number of benzene rings is 1. The lowest BCUT2D eigenvalue weighted by Gasteiger charge is -2.06. The molecule has 0 radical (unpaired) electrons. The molecule has 3 N–H and O–H groups in total. The molecular formula is C21H20N8O2S. The zero-order chi connectivity index (χ0) is 22.2. The van der Waals surface area contributed by atoms with Gasteiger partial charge in [0.15, 0.2) is 5.82 Å². The highest BCUT2D eigenvalue weighted by Gasteiger charge is 2.15. The summed E-state index contributed by atoms with van der Waals surface area (Å²) in [6.45, 7) is 1.95. The predicted octanol–water partition coefficient (Wildman–Crippen LogP) is 4.07. The maximum absolute atomic E-state index is 12.0. The summed E-state index contributed by atoms with van der Waals surface area (Å²) in [5.74, 6) is 0.722. The van der Waals surface area contributed by atoms with Gasteiger partial charge in [-0.15, -0.1) is 10.2 Å². The van der Waals surface area contributed by atoms with Crippen molar-refractivity contribution in [1.29, 1.82) is 0 Å². The molecule has 4 aromatic heterocycles. The number of amides is 1. The van der Waals surface area contributed by atoms with Crippen molar-refractivity contribution in [1.82, 2.24) is 29.7 Å². The lowest BCUT2D eigenvalue weighted by Crippen LogP contribution is -2.13. The van der Waals surface area contributed by atoms with E-state index >= 15 is 0 Å². The van der Waals surface area contributed by atoms with E-state index in [4.69, 9.17) is 4.74 Å². The number of hydrogen-bond acceptors (Lipinski definition) is 8. The van der Waals surface area contributed by atoms with E-state index in [1.54, 1.807) is 6.33 Å². The Labute approximate surface area is 186 Å². The van der Waals surface area contributed by atoms with E-state index in [0.29, 0.717) is 5.13 Å². The summed E-state index contributed by atoms with van der Waals surface area (Å²) < 4.78 is 7.32. The van der Waals surface area contributed by atoms with Crippen molar-refractivity contribution in [2.24, 2.45) is 7.05 Å². The molecule has 0 fully saturated rings. The Morgan fingerprint density at radius 1 is 1.28 bits per heavy atom. The molecule has 1 aromatic carbocycles. The van der Waals surface area contributed by atoms with Crippen molar-refractivity contribution >= 4 is 50.4 Å². The molecule has 0 atom stereocenters. The summed E-state index contributed by atoms with van der Waals surface area (Å²) in [7, 11) is 3.80. The quantitative estimate of drug-likeness (QED) is 0.370. The molecule has 0 aliphatic rings. The summed E-state index contributed by atoms with van der Waals surface area (Å²) in [5.41, 5.74) is 5.34. The van der Waals surface area contributed by atoms with E-state index in [-0.39, 0.29) is 6.61 Å².